The summed E-state index contributed by atoms with van der Waals surface area (Å²) in [7, 11) is -3.32. The summed E-state index contributed by atoms with van der Waals surface area (Å²) in [6, 6.07) is 6.96. The second-order valence-electron chi connectivity index (χ2n) is 4.25. The monoisotopic (exact) mass is 310 g/mol. The van der Waals surface area contributed by atoms with Gasteiger partial charge in [0.15, 0.2) is 0 Å². The summed E-state index contributed by atoms with van der Waals surface area (Å²) in [5, 5.41) is 0.527. The molecule has 0 heterocycles. The van der Waals surface area contributed by atoms with Crippen LogP contribution in [-0.2, 0) is 13.6 Å². The molecule has 0 aliphatic heterocycles. The van der Waals surface area contributed by atoms with Crippen LogP contribution in [0.15, 0.2) is 49.6 Å². The van der Waals surface area contributed by atoms with E-state index in [-0.39, 0.29) is 0 Å². The molecule has 0 unspecified atom stereocenters. The van der Waals surface area contributed by atoms with Gasteiger partial charge < -0.3 is 13.8 Å². The molecule has 1 aromatic rings. The van der Waals surface area contributed by atoms with Crippen molar-refractivity contribution >= 4 is 12.9 Å². The highest BCUT2D eigenvalue weighted by atomic mass is 31.2. The maximum Gasteiger partial charge on any atom is 0.361 e. The molecule has 0 bridgehead atoms. The van der Waals surface area contributed by atoms with Crippen molar-refractivity contribution in [3.63, 3.8) is 0 Å². The lowest BCUT2D eigenvalue weighted by atomic mass is 10.3. The smallest absolute Gasteiger partial charge is 0.361 e. The van der Waals surface area contributed by atoms with Crippen LogP contribution in [-0.4, -0.2) is 19.8 Å². The van der Waals surface area contributed by atoms with Crippen LogP contribution >= 0.6 is 7.60 Å². The zero-order valence-corrected chi connectivity index (χ0v) is 13.4. The normalized spacial score (nSPS) is 11.1. The first-order valence-corrected chi connectivity index (χ1v) is 8.55. The third-order valence-electron chi connectivity index (χ3n) is 2.63. The van der Waals surface area contributed by atoms with Crippen LogP contribution in [0.3, 0.4) is 0 Å². The summed E-state index contributed by atoms with van der Waals surface area (Å²) >= 11 is 0. The number of ether oxygens (including phenoxy) is 1. The van der Waals surface area contributed by atoms with Crippen LogP contribution in [0.25, 0.3) is 0 Å². The first-order chi connectivity index (χ1) is 10.2. The van der Waals surface area contributed by atoms with Crippen LogP contribution in [0.1, 0.15) is 19.8 Å². The summed E-state index contributed by atoms with van der Waals surface area (Å²) in [6.07, 6.45) is 4.66. The topological polar surface area (TPSA) is 44.8 Å². The van der Waals surface area contributed by atoms with Gasteiger partial charge >= 0.3 is 7.60 Å². The zero-order valence-electron chi connectivity index (χ0n) is 12.5. The molecular weight excluding hydrogens is 287 g/mol. The van der Waals surface area contributed by atoms with Gasteiger partial charge in [-0.1, -0.05) is 12.2 Å². The molecule has 0 aliphatic carbocycles. The molecule has 0 N–H and O–H groups in total. The highest BCUT2D eigenvalue weighted by Gasteiger charge is 2.27. The van der Waals surface area contributed by atoms with Crippen molar-refractivity contribution in [2.45, 2.75) is 19.8 Å². The van der Waals surface area contributed by atoms with E-state index in [0.717, 1.165) is 5.75 Å². The molecule has 1 rings (SSSR count). The lowest BCUT2D eigenvalue weighted by Crippen LogP contribution is -2.11. The van der Waals surface area contributed by atoms with E-state index in [0.29, 0.717) is 38.0 Å². The Morgan fingerprint density at radius 2 is 1.57 bits per heavy atom. The summed E-state index contributed by atoms with van der Waals surface area (Å²) in [5.74, 6) is 0.727. The molecular formula is C16H23O4P. The Labute approximate surface area is 127 Å². The van der Waals surface area contributed by atoms with E-state index in [1.54, 1.807) is 36.4 Å². The van der Waals surface area contributed by atoms with E-state index in [1.165, 1.54) is 0 Å². The molecule has 21 heavy (non-hydrogen) atoms. The summed E-state index contributed by atoms with van der Waals surface area (Å²) in [4.78, 5) is 0. The summed E-state index contributed by atoms with van der Waals surface area (Å²) in [5.41, 5.74) is 0. The Morgan fingerprint density at radius 3 is 2.00 bits per heavy atom. The van der Waals surface area contributed by atoms with E-state index < -0.39 is 7.60 Å². The van der Waals surface area contributed by atoms with E-state index >= 15 is 0 Å². The fourth-order valence-corrected chi connectivity index (χ4v) is 3.17. The Bertz CT molecular complexity index is 464. The average molecular weight is 310 g/mol. The molecule has 0 saturated heterocycles. The van der Waals surface area contributed by atoms with Crippen molar-refractivity contribution in [2.75, 3.05) is 19.8 Å². The minimum absolute atomic E-state index is 0.308. The van der Waals surface area contributed by atoms with Gasteiger partial charge in [-0.05, 0) is 44.0 Å². The zero-order chi connectivity index (χ0) is 15.6. The molecule has 0 saturated carbocycles. The summed E-state index contributed by atoms with van der Waals surface area (Å²) < 4.78 is 29.2. The van der Waals surface area contributed by atoms with Gasteiger partial charge in [-0.15, -0.1) is 13.2 Å². The van der Waals surface area contributed by atoms with Crippen molar-refractivity contribution in [1.82, 2.24) is 0 Å². The fourth-order valence-electron chi connectivity index (χ4n) is 1.59. The molecule has 0 aromatic heterocycles. The largest absolute Gasteiger partial charge is 0.494 e. The Hall–Kier alpha value is -1.35. The molecule has 116 valence electrons. The maximum absolute atomic E-state index is 12.9. The van der Waals surface area contributed by atoms with Crippen molar-refractivity contribution in [3.8, 4) is 5.75 Å². The Kier molecular flexibility index (Phi) is 8.06. The molecule has 0 aliphatic rings. The third kappa shape index (κ3) is 5.88. The first-order valence-electron chi connectivity index (χ1n) is 7.00. The van der Waals surface area contributed by atoms with Gasteiger partial charge in [0.2, 0.25) is 0 Å². The van der Waals surface area contributed by atoms with Gasteiger partial charge in [0.1, 0.15) is 5.75 Å². The molecule has 0 fully saturated rings. The van der Waals surface area contributed by atoms with Crippen molar-refractivity contribution in [2.24, 2.45) is 0 Å². The van der Waals surface area contributed by atoms with E-state index in [2.05, 4.69) is 13.2 Å². The van der Waals surface area contributed by atoms with Crippen molar-refractivity contribution < 1.29 is 18.3 Å². The molecule has 1 aromatic carbocycles. The van der Waals surface area contributed by atoms with Gasteiger partial charge in [0, 0.05) is 0 Å². The van der Waals surface area contributed by atoms with Crippen LogP contribution in [0.2, 0.25) is 0 Å². The number of hydrogen-bond acceptors (Lipinski definition) is 4. The predicted octanol–water partition coefficient (Wildman–Crippen LogP) is 4.09. The molecule has 5 heteroatoms. The molecule has 0 spiro atoms. The number of hydrogen-bond donors (Lipinski definition) is 0. The van der Waals surface area contributed by atoms with E-state index in [9.17, 15) is 4.57 Å². The second-order valence-corrected chi connectivity index (χ2v) is 6.27. The van der Waals surface area contributed by atoms with Gasteiger partial charge in [-0.2, -0.15) is 0 Å². The van der Waals surface area contributed by atoms with Gasteiger partial charge in [-0.25, -0.2) is 0 Å². The van der Waals surface area contributed by atoms with Crippen molar-refractivity contribution in [1.29, 1.82) is 0 Å². The predicted molar refractivity (Wildman–Crippen MR) is 86.4 cm³/mol. The van der Waals surface area contributed by atoms with Crippen LogP contribution in [0.4, 0.5) is 0 Å². The first kappa shape index (κ1) is 17.7. The third-order valence-corrected chi connectivity index (χ3v) is 4.61. The average Bonchev–Trinajstić information content (AvgIpc) is 2.49. The summed E-state index contributed by atoms with van der Waals surface area (Å²) in [6.45, 7) is 10.4. The lowest BCUT2D eigenvalue weighted by Gasteiger charge is -2.18. The van der Waals surface area contributed by atoms with Crippen LogP contribution in [0, 0.1) is 0 Å². The highest BCUT2D eigenvalue weighted by Crippen LogP contribution is 2.47. The molecule has 4 nitrogen and oxygen atoms in total. The standard InChI is InChI=1S/C16H23O4P/c1-4-7-13-19-21(17,20-14-8-5-2)16-11-9-15(10-12-16)18-6-3/h4-5,9-12H,1-2,6-8,13-14H2,3H3. The second kappa shape index (κ2) is 9.56. The van der Waals surface area contributed by atoms with Crippen molar-refractivity contribution in [3.05, 3.63) is 49.6 Å². The Balaban J connectivity index is 2.84. The van der Waals surface area contributed by atoms with Crippen LogP contribution in [0.5, 0.6) is 5.75 Å². The van der Waals surface area contributed by atoms with Gasteiger partial charge in [-0.3, -0.25) is 4.57 Å². The van der Waals surface area contributed by atoms with Gasteiger partial charge in [0.25, 0.3) is 0 Å². The molecule has 0 radical (unpaired) electrons. The molecule has 0 amide bonds. The highest BCUT2D eigenvalue weighted by molar-refractivity contribution is 7.62. The number of rotatable bonds is 11. The van der Waals surface area contributed by atoms with E-state index in [1.807, 2.05) is 6.92 Å². The van der Waals surface area contributed by atoms with Gasteiger partial charge in [0.05, 0.1) is 25.1 Å². The van der Waals surface area contributed by atoms with Crippen LogP contribution < -0.4 is 10.0 Å². The Morgan fingerprint density at radius 1 is 1.05 bits per heavy atom. The minimum atomic E-state index is -3.32. The lowest BCUT2D eigenvalue weighted by molar-refractivity contribution is 0.219. The van der Waals surface area contributed by atoms with E-state index in [4.69, 9.17) is 13.8 Å². The quantitative estimate of drug-likeness (QED) is 0.351. The fraction of sp³-hybridized carbons (Fsp3) is 0.375. The minimum Gasteiger partial charge on any atom is -0.494 e. The maximum atomic E-state index is 12.9. The number of benzene rings is 1. The SMILES string of the molecule is C=CCCOP(=O)(OCCC=C)c1ccc(OCC)cc1. The molecule has 0 atom stereocenters.